The Morgan fingerprint density at radius 2 is 1.73 bits per heavy atom. The number of nitrogens with two attached hydrogens (primary N) is 2. The topological polar surface area (TPSA) is 98.7 Å². The summed E-state index contributed by atoms with van der Waals surface area (Å²) in [6.07, 6.45) is 7.03. The van der Waals surface area contributed by atoms with E-state index < -0.39 is 6.09 Å². The van der Waals surface area contributed by atoms with E-state index in [1.54, 1.807) is 44.9 Å². The van der Waals surface area contributed by atoms with Gasteiger partial charge < -0.3 is 21.1 Å². The lowest BCUT2D eigenvalue weighted by atomic mass is 10.0. The van der Waals surface area contributed by atoms with Gasteiger partial charge in [0.2, 0.25) is 0 Å². The molecule has 0 aromatic heterocycles. The number of allylic oxidation sites excluding steroid dienone is 5. The Morgan fingerprint density at radius 1 is 1.15 bits per heavy atom. The first-order valence-corrected chi connectivity index (χ1v) is 8.84. The van der Waals surface area contributed by atoms with E-state index in [1.165, 1.54) is 0 Å². The van der Waals surface area contributed by atoms with Gasteiger partial charge in [0.15, 0.2) is 5.78 Å². The normalized spacial score (nSPS) is 16.9. The molecule has 0 unspecified atom stereocenters. The van der Waals surface area contributed by atoms with Crippen LogP contribution in [0, 0.1) is 0 Å². The standard InChI is InChI=1S/C20H31N3O3/c1-13(2)18(22)11-10-14(3)19(24)17(15(4)21)12-26-20(25)23(5)16-8-6-7-9-16/h10-11,16H,1,6-9,12,21-22H2,2-5H3/b14-10+,17-15-,18-11+. The Balaban J connectivity index is 2.77. The fourth-order valence-electron chi connectivity index (χ4n) is 2.71. The lowest BCUT2D eigenvalue weighted by Gasteiger charge is -2.23. The van der Waals surface area contributed by atoms with Crippen LogP contribution >= 0.6 is 0 Å². The first kappa shape index (κ1) is 21.5. The van der Waals surface area contributed by atoms with Crippen LogP contribution in [0.4, 0.5) is 4.79 Å². The Morgan fingerprint density at radius 3 is 2.23 bits per heavy atom. The van der Waals surface area contributed by atoms with Gasteiger partial charge in [0.1, 0.15) is 6.61 Å². The van der Waals surface area contributed by atoms with E-state index >= 15 is 0 Å². The Kier molecular flexibility index (Phi) is 8.16. The van der Waals surface area contributed by atoms with Crippen LogP contribution in [-0.2, 0) is 9.53 Å². The molecule has 1 amide bonds. The molecule has 0 heterocycles. The molecule has 0 aromatic rings. The van der Waals surface area contributed by atoms with Gasteiger partial charge in [0.25, 0.3) is 0 Å². The van der Waals surface area contributed by atoms with Crippen LogP contribution in [0.25, 0.3) is 0 Å². The van der Waals surface area contributed by atoms with Crippen molar-refractivity contribution < 1.29 is 14.3 Å². The molecule has 26 heavy (non-hydrogen) atoms. The monoisotopic (exact) mass is 361 g/mol. The van der Waals surface area contributed by atoms with Crippen LogP contribution in [0.15, 0.2) is 46.8 Å². The third-order valence-electron chi connectivity index (χ3n) is 4.61. The molecule has 0 atom stereocenters. The maximum absolute atomic E-state index is 12.6. The van der Waals surface area contributed by atoms with Gasteiger partial charge in [-0.15, -0.1) is 0 Å². The number of carbonyl (C=O) groups is 2. The number of ether oxygens (including phenoxy) is 1. The van der Waals surface area contributed by atoms with E-state index in [0.29, 0.717) is 17.0 Å². The van der Waals surface area contributed by atoms with Crippen molar-refractivity contribution in [2.75, 3.05) is 13.7 Å². The molecular formula is C20H31N3O3. The maximum Gasteiger partial charge on any atom is 0.410 e. The molecule has 0 spiro atoms. The van der Waals surface area contributed by atoms with Crippen LogP contribution in [0.1, 0.15) is 46.5 Å². The average Bonchev–Trinajstić information content (AvgIpc) is 3.12. The van der Waals surface area contributed by atoms with Gasteiger partial charge in [-0.05, 0) is 50.8 Å². The van der Waals surface area contributed by atoms with E-state index in [-0.39, 0.29) is 24.0 Å². The van der Waals surface area contributed by atoms with Gasteiger partial charge in [-0.1, -0.05) is 25.5 Å². The molecule has 0 bridgehead atoms. The quantitative estimate of drug-likeness (QED) is 0.536. The second-order valence-corrected chi connectivity index (χ2v) is 6.85. The summed E-state index contributed by atoms with van der Waals surface area (Å²) in [6.45, 7) is 8.66. The Labute approximate surface area is 156 Å². The molecule has 1 fully saturated rings. The van der Waals surface area contributed by atoms with Crippen molar-refractivity contribution in [3.05, 3.63) is 46.8 Å². The number of carbonyl (C=O) groups excluding carboxylic acids is 2. The van der Waals surface area contributed by atoms with E-state index in [2.05, 4.69) is 6.58 Å². The first-order chi connectivity index (χ1) is 12.1. The molecule has 0 saturated heterocycles. The zero-order chi connectivity index (χ0) is 19.9. The number of amides is 1. The molecular weight excluding hydrogens is 330 g/mol. The minimum atomic E-state index is -0.434. The molecule has 1 aliphatic carbocycles. The second-order valence-electron chi connectivity index (χ2n) is 6.85. The van der Waals surface area contributed by atoms with Crippen molar-refractivity contribution in [1.82, 2.24) is 4.90 Å². The van der Waals surface area contributed by atoms with Crippen molar-refractivity contribution in [1.29, 1.82) is 0 Å². The maximum atomic E-state index is 12.6. The summed E-state index contributed by atoms with van der Waals surface area (Å²) in [6, 6.07) is 0.210. The summed E-state index contributed by atoms with van der Waals surface area (Å²) >= 11 is 0. The summed E-state index contributed by atoms with van der Waals surface area (Å²) in [7, 11) is 1.73. The average molecular weight is 361 g/mol. The molecule has 0 aromatic carbocycles. The third-order valence-corrected chi connectivity index (χ3v) is 4.61. The van der Waals surface area contributed by atoms with Gasteiger partial charge in [0, 0.05) is 24.5 Å². The predicted octanol–water partition coefficient (Wildman–Crippen LogP) is 3.16. The molecule has 4 N–H and O–H groups in total. The number of hydrogen-bond donors (Lipinski definition) is 2. The summed E-state index contributed by atoms with van der Waals surface area (Å²) in [5, 5.41) is 0. The molecule has 144 valence electrons. The number of nitrogens with zero attached hydrogens (tertiary/aromatic N) is 1. The third kappa shape index (κ3) is 6.10. The molecule has 0 aliphatic heterocycles. The van der Waals surface area contributed by atoms with Gasteiger partial charge in [-0.2, -0.15) is 0 Å². The first-order valence-electron chi connectivity index (χ1n) is 8.84. The summed E-state index contributed by atoms with van der Waals surface area (Å²) in [5.74, 6) is -0.271. The zero-order valence-corrected chi connectivity index (χ0v) is 16.3. The van der Waals surface area contributed by atoms with Crippen molar-refractivity contribution in [3.8, 4) is 0 Å². The number of rotatable bonds is 7. The lowest BCUT2D eigenvalue weighted by Crippen LogP contribution is -2.36. The van der Waals surface area contributed by atoms with Crippen LogP contribution in [0.2, 0.25) is 0 Å². The summed E-state index contributed by atoms with van der Waals surface area (Å²) in [5.41, 5.74) is 13.9. The molecule has 1 saturated carbocycles. The number of Topliss-reactive ketones (excluding diaryl/α,β-unsaturated/α-hetero) is 1. The molecule has 0 radical (unpaired) electrons. The van der Waals surface area contributed by atoms with Crippen molar-refractivity contribution in [2.24, 2.45) is 11.5 Å². The van der Waals surface area contributed by atoms with Gasteiger partial charge >= 0.3 is 6.09 Å². The highest BCUT2D eigenvalue weighted by molar-refractivity contribution is 6.08. The molecule has 1 aliphatic rings. The number of ketones is 1. The van der Waals surface area contributed by atoms with Crippen molar-refractivity contribution >= 4 is 11.9 Å². The van der Waals surface area contributed by atoms with Crippen LogP contribution < -0.4 is 11.5 Å². The van der Waals surface area contributed by atoms with Gasteiger partial charge in [-0.3, -0.25) is 4.79 Å². The van der Waals surface area contributed by atoms with Crippen molar-refractivity contribution in [3.63, 3.8) is 0 Å². The zero-order valence-electron chi connectivity index (χ0n) is 16.3. The van der Waals surface area contributed by atoms with Crippen LogP contribution in [0.5, 0.6) is 0 Å². The molecule has 6 nitrogen and oxygen atoms in total. The second kappa shape index (κ2) is 9.85. The van der Waals surface area contributed by atoms with Gasteiger partial charge in [-0.25, -0.2) is 4.79 Å². The SMILES string of the molecule is C=C(C)/C(N)=C\C=C(/C)C(=O)/C(COC(=O)N(C)C1CCCC1)=C(/C)N. The van der Waals surface area contributed by atoms with Crippen LogP contribution in [0.3, 0.4) is 0 Å². The highest BCUT2D eigenvalue weighted by atomic mass is 16.6. The predicted molar refractivity (Wildman–Crippen MR) is 104 cm³/mol. The highest BCUT2D eigenvalue weighted by Crippen LogP contribution is 2.23. The molecule has 6 heteroatoms. The Hall–Kier alpha value is -2.50. The highest BCUT2D eigenvalue weighted by Gasteiger charge is 2.25. The van der Waals surface area contributed by atoms with E-state index in [4.69, 9.17) is 16.2 Å². The van der Waals surface area contributed by atoms with Crippen molar-refractivity contribution in [2.45, 2.75) is 52.5 Å². The van der Waals surface area contributed by atoms with Gasteiger partial charge in [0.05, 0.1) is 5.57 Å². The van der Waals surface area contributed by atoms with E-state index in [0.717, 1.165) is 31.3 Å². The lowest BCUT2D eigenvalue weighted by molar-refractivity contribution is -0.112. The minimum absolute atomic E-state index is 0.151. The van der Waals surface area contributed by atoms with E-state index in [1.807, 2.05) is 0 Å². The summed E-state index contributed by atoms with van der Waals surface area (Å²) in [4.78, 5) is 26.4. The largest absolute Gasteiger partial charge is 0.444 e. The van der Waals surface area contributed by atoms with Crippen LogP contribution in [-0.4, -0.2) is 36.5 Å². The summed E-state index contributed by atoms with van der Waals surface area (Å²) < 4.78 is 5.32. The van der Waals surface area contributed by atoms with E-state index in [9.17, 15) is 9.59 Å². The Bertz CT molecular complexity index is 649. The smallest absolute Gasteiger partial charge is 0.410 e. The minimum Gasteiger partial charge on any atom is -0.444 e. The number of hydrogen-bond acceptors (Lipinski definition) is 5. The molecule has 1 rings (SSSR count). The fraction of sp³-hybridized carbons (Fsp3) is 0.500. The fourth-order valence-corrected chi connectivity index (χ4v) is 2.71.